The maximum absolute atomic E-state index is 11.3. The zero-order valence-corrected chi connectivity index (χ0v) is 12.0. The van der Waals surface area contributed by atoms with Crippen LogP contribution < -0.4 is 0 Å². The van der Waals surface area contributed by atoms with Gasteiger partial charge in [0.1, 0.15) is 4.91 Å². The first kappa shape index (κ1) is 14.3. The van der Waals surface area contributed by atoms with Crippen LogP contribution in [0.15, 0.2) is 38.8 Å². The van der Waals surface area contributed by atoms with Gasteiger partial charge in [-0.15, -0.1) is 10.2 Å². The number of aliphatic carboxylic acids is 1. The molecule has 0 saturated heterocycles. The van der Waals surface area contributed by atoms with E-state index in [9.17, 15) is 9.90 Å². The van der Waals surface area contributed by atoms with E-state index in [-0.39, 0.29) is 10.1 Å². The molecule has 1 heterocycles. The number of carboxylic acids is 1. The summed E-state index contributed by atoms with van der Waals surface area (Å²) in [6.45, 7) is 3.87. The minimum Gasteiger partial charge on any atom is -0.477 e. The van der Waals surface area contributed by atoms with E-state index in [1.54, 1.807) is 6.08 Å². The quantitative estimate of drug-likeness (QED) is 0.673. The van der Waals surface area contributed by atoms with Crippen LogP contribution in [0.1, 0.15) is 23.9 Å². The number of carbonyl (C=O) groups is 1. The maximum atomic E-state index is 11.3. The lowest BCUT2D eigenvalue weighted by atomic mass is 10.1. The average molecular weight is 290 g/mol. The molecule has 0 amide bonds. The van der Waals surface area contributed by atoms with Gasteiger partial charge < -0.3 is 9.52 Å². The lowest BCUT2D eigenvalue weighted by molar-refractivity contribution is -0.131. The molecule has 0 radical (unpaired) electrons. The fourth-order valence-corrected chi connectivity index (χ4v) is 2.16. The topological polar surface area (TPSA) is 76.2 Å². The van der Waals surface area contributed by atoms with Gasteiger partial charge in [-0.05, 0) is 30.3 Å². The van der Waals surface area contributed by atoms with E-state index in [2.05, 4.69) is 10.2 Å². The fourth-order valence-electron chi connectivity index (χ4n) is 1.47. The van der Waals surface area contributed by atoms with Gasteiger partial charge >= 0.3 is 5.97 Å². The number of aromatic nitrogens is 2. The van der Waals surface area contributed by atoms with Crippen molar-refractivity contribution >= 4 is 23.8 Å². The number of nitrogens with zero attached hydrogens (tertiary/aromatic N) is 2. The van der Waals surface area contributed by atoms with Crippen molar-refractivity contribution in [2.24, 2.45) is 0 Å². The van der Waals surface area contributed by atoms with E-state index in [1.807, 2.05) is 38.1 Å². The lowest BCUT2D eigenvalue weighted by Crippen LogP contribution is -1.96. The lowest BCUT2D eigenvalue weighted by Gasteiger charge is -1.99. The average Bonchev–Trinajstić information content (AvgIpc) is 2.88. The normalized spacial score (nSPS) is 11.6. The molecule has 0 aliphatic heterocycles. The van der Waals surface area contributed by atoms with Gasteiger partial charge in [0.2, 0.25) is 5.89 Å². The van der Waals surface area contributed by atoms with Crippen molar-refractivity contribution < 1.29 is 14.3 Å². The molecule has 0 spiro atoms. The highest BCUT2D eigenvalue weighted by molar-refractivity contribution is 8.03. The van der Waals surface area contributed by atoms with Crippen LogP contribution in [0, 0.1) is 6.92 Å². The Hall–Kier alpha value is -2.08. The van der Waals surface area contributed by atoms with Gasteiger partial charge in [0.05, 0.1) is 0 Å². The molecule has 2 rings (SSSR count). The third-order valence-corrected chi connectivity index (χ3v) is 3.39. The van der Waals surface area contributed by atoms with Crippen LogP contribution >= 0.6 is 11.8 Å². The highest BCUT2D eigenvalue weighted by Gasteiger charge is 2.14. The third-order valence-electron chi connectivity index (χ3n) is 2.53. The number of benzene rings is 1. The second-order valence-electron chi connectivity index (χ2n) is 4.14. The molecule has 0 unspecified atom stereocenters. The van der Waals surface area contributed by atoms with Crippen molar-refractivity contribution in [1.82, 2.24) is 10.2 Å². The van der Waals surface area contributed by atoms with Crippen LogP contribution in [0.3, 0.4) is 0 Å². The second kappa shape index (κ2) is 6.38. The van der Waals surface area contributed by atoms with Gasteiger partial charge in [-0.3, -0.25) is 0 Å². The molecule has 20 heavy (non-hydrogen) atoms. The van der Waals surface area contributed by atoms with Crippen molar-refractivity contribution in [3.8, 4) is 0 Å². The minimum atomic E-state index is -1.02. The molecule has 0 saturated carbocycles. The van der Waals surface area contributed by atoms with E-state index in [0.29, 0.717) is 12.3 Å². The molecule has 0 bridgehead atoms. The minimum absolute atomic E-state index is 0.139. The monoisotopic (exact) mass is 290 g/mol. The largest absolute Gasteiger partial charge is 0.477 e. The summed E-state index contributed by atoms with van der Waals surface area (Å²) in [7, 11) is 0. The molecule has 6 heteroatoms. The van der Waals surface area contributed by atoms with Gasteiger partial charge in [0, 0.05) is 6.42 Å². The molecule has 1 aromatic carbocycles. The Morgan fingerprint density at radius 3 is 2.60 bits per heavy atom. The summed E-state index contributed by atoms with van der Waals surface area (Å²) in [6.07, 6.45) is 2.21. The first-order valence-electron chi connectivity index (χ1n) is 6.10. The van der Waals surface area contributed by atoms with Gasteiger partial charge in [-0.1, -0.05) is 36.8 Å². The zero-order valence-electron chi connectivity index (χ0n) is 11.2. The molecule has 1 N–H and O–H groups in total. The Bertz CT molecular complexity index is 632. The highest BCUT2D eigenvalue weighted by Crippen LogP contribution is 2.27. The maximum Gasteiger partial charge on any atom is 0.342 e. The highest BCUT2D eigenvalue weighted by atomic mass is 32.2. The third kappa shape index (κ3) is 3.71. The van der Waals surface area contributed by atoms with E-state index in [1.165, 1.54) is 0 Å². The summed E-state index contributed by atoms with van der Waals surface area (Å²) in [4.78, 5) is 11.4. The molecular formula is C14H14N2O3S. The Labute approximate surface area is 120 Å². The first-order chi connectivity index (χ1) is 9.58. The molecule has 0 atom stereocenters. The van der Waals surface area contributed by atoms with Gasteiger partial charge in [-0.25, -0.2) is 4.79 Å². The Morgan fingerprint density at radius 1 is 1.35 bits per heavy atom. The number of rotatable bonds is 5. The van der Waals surface area contributed by atoms with Crippen LogP contribution in [-0.4, -0.2) is 21.3 Å². The van der Waals surface area contributed by atoms with Crippen LogP contribution in [0.25, 0.3) is 6.08 Å². The summed E-state index contributed by atoms with van der Waals surface area (Å²) >= 11 is 0.953. The summed E-state index contributed by atoms with van der Waals surface area (Å²) in [5, 5.41) is 17.1. The molecule has 0 aliphatic carbocycles. The number of carboxylic acid groups (broad SMARTS) is 1. The van der Waals surface area contributed by atoms with Gasteiger partial charge in [0.15, 0.2) is 0 Å². The van der Waals surface area contributed by atoms with Gasteiger partial charge in [0.25, 0.3) is 5.22 Å². The SMILES string of the molecule is CCc1nnc(S/C(=C\c2ccc(C)cc2)C(=O)O)o1. The van der Waals surface area contributed by atoms with Crippen molar-refractivity contribution in [2.75, 3.05) is 0 Å². The Morgan fingerprint density at radius 2 is 2.05 bits per heavy atom. The molecular weight excluding hydrogens is 276 g/mol. The molecule has 104 valence electrons. The van der Waals surface area contributed by atoms with E-state index >= 15 is 0 Å². The van der Waals surface area contributed by atoms with E-state index in [4.69, 9.17) is 4.42 Å². The standard InChI is InChI=1S/C14H14N2O3S/c1-3-12-15-16-14(19-12)20-11(13(17)18)8-10-6-4-9(2)5-7-10/h4-8H,3H2,1-2H3,(H,17,18)/b11-8-. The zero-order chi connectivity index (χ0) is 14.5. The summed E-state index contributed by atoms with van der Waals surface area (Å²) in [6, 6.07) is 7.59. The fraction of sp³-hybridized carbons (Fsp3) is 0.214. The second-order valence-corrected chi connectivity index (χ2v) is 5.13. The van der Waals surface area contributed by atoms with Crippen LogP contribution in [0.5, 0.6) is 0 Å². The number of thioether (sulfide) groups is 1. The summed E-state index contributed by atoms with van der Waals surface area (Å²) in [5.41, 5.74) is 1.94. The predicted octanol–water partition coefficient (Wildman–Crippen LogP) is 3.16. The Kier molecular flexibility index (Phi) is 4.57. The van der Waals surface area contributed by atoms with Gasteiger partial charge in [-0.2, -0.15) is 0 Å². The van der Waals surface area contributed by atoms with Crippen LogP contribution in [0.2, 0.25) is 0 Å². The van der Waals surface area contributed by atoms with E-state index < -0.39 is 5.97 Å². The van der Waals surface area contributed by atoms with Crippen LogP contribution in [-0.2, 0) is 11.2 Å². The molecule has 2 aromatic rings. The smallest absolute Gasteiger partial charge is 0.342 e. The molecule has 0 aliphatic rings. The van der Waals surface area contributed by atoms with Crippen molar-refractivity contribution in [3.63, 3.8) is 0 Å². The summed E-state index contributed by atoms with van der Waals surface area (Å²) in [5.74, 6) is -0.528. The predicted molar refractivity (Wildman–Crippen MR) is 76.3 cm³/mol. The molecule has 0 fully saturated rings. The number of hydrogen-bond acceptors (Lipinski definition) is 5. The van der Waals surface area contributed by atoms with Crippen molar-refractivity contribution in [3.05, 3.63) is 46.2 Å². The molecule has 1 aromatic heterocycles. The summed E-state index contributed by atoms with van der Waals surface area (Å²) < 4.78 is 5.31. The van der Waals surface area contributed by atoms with Crippen molar-refractivity contribution in [1.29, 1.82) is 0 Å². The van der Waals surface area contributed by atoms with Crippen molar-refractivity contribution in [2.45, 2.75) is 25.5 Å². The first-order valence-corrected chi connectivity index (χ1v) is 6.92. The number of aryl methyl sites for hydroxylation is 2. The Balaban J connectivity index is 2.22. The van der Waals surface area contributed by atoms with E-state index in [0.717, 1.165) is 22.9 Å². The number of hydrogen-bond donors (Lipinski definition) is 1. The van der Waals surface area contributed by atoms with Crippen LogP contribution in [0.4, 0.5) is 0 Å². The molecule has 5 nitrogen and oxygen atoms in total.